The highest BCUT2D eigenvalue weighted by Crippen LogP contribution is 2.32. The lowest BCUT2D eigenvalue weighted by Crippen LogP contribution is -2.15. The zero-order chi connectivity index (χ0) is 17.1. The first kappa shape index (κ1) is 17.4. The first-order chi connectivity index (χ1) is 11.5. The van der Waals surface area contributed by atoms with Gasteiger partial charge in [-0.15, -0.1) is 0 Å². The van der Waals surface area contributed by atoms with Crippen molar-refractivity contribution >= 4 is 66.1 Å². The van der Waals surface area contributed by atoms with Gasteiger partial charge in [0.1, 0.15) is 11.4 Å². The van der Waals surface area contributed by atoms with Crippen LogP contribution in [-0.2, 0) is 4.79 Å². The molecule has 1 amide bonds. The summed E-state index contributed by atoms with van der Waals surface area (Å²) in [5.41, 5.74) is 2.71. The van der Waals surface area contributed by atoms with Gasteiger partial charge in [-0.25, -0.2) is 9.97 Å². The Kier molecular flexibility index (Phi) is 5.53. The Balaban J connectivity index is 1.72. The fourth-order valence-electron chi connectivity index (χ4n) is 2.22. The highest BCUT2D eigenvalue weighted by atomic mass is 79.9. The summed E-state index contributed by atoms with van der Waals surface area (Å²) in [5, 5.41) is 4.68. The van der Waals surface area contributed by atoms with Crippen LogP contribution in [0.25, 0.3) is 10.9 Å². The third kappa shape index (κ3) is 3.96. The van der Waals surface area contributed by atoms with E-state index in [1.54, 1.807) is 0 Å². The highest BCUT2D eigenvalue weighted by molar-refractivity contribution is 9.11. The fraction of sp³-hybridized carbons (Fsp3) is 0.118. The van der Waals surface area contributed by atoms with Crippen molar-refractivity contribution in [3.8, 4) is 0 Å². The molecule has 0 saturated carbocycles. The van der Waals surface area contributed by atoms with E-state index in [0.717, 1.165) is 36.1 Å². The second kappa shape index (κ2) is 7.63. The Morgan fingerprint density at radius 3 is 2.62 bits per heavy atom. The van der Waals surface area contributed by atoms with E-state index in [2.05, 4.69) is 47.1 Å². The standard InChI is InChI=1S/C17H13Br2N3OS/c1-10-6-12(18)16(13(19)7-10)22-15(23)8-24-17-11-4-2-3-5-14(11)20-9-21-17/h2-7,9H,8H2,1H3,(H,22,23). The zero-order valence-corrected chi connectivity index (χ0v) is 16.7. The van der Waals surface area contributed by atoms with Crippen molar-refractivity contribution < 1.29 is 4.79 Å². The number of fused-ring (bicyclic) bond motifs is 1. The number of aromatic nitrogens is 2. The molecule has 7 heteroatoms. The van der Waals surface area contributed by atoms with Crippen LogP contribution in [0.15, 0.2) is 56.7 Å². The summed E-state index contributed by atoms with van der Waals surface area (Å²) in [4.78, 5) is 20.8. The van der Waals surface area contributed by atoms with Crippen LogP contribution in [0.2, 0.25) is 0 Å². The summed E-state index contributed by atoms with van der Waals surface area (Å²) in [7, 11) is 0. The molecule has 122 valence electrons. The van der Waals surface area contributed by atoms with Crippen molar-refractivity contribution in [3.05, 3.63) is 57.2 Å². The van der Waals surface area contributed by atoms with Crippen molar-refractivity contribution in [1.82, 2.24) is 9.97 Å². The number of rotatable bonds is 4. The van der Waals surface area contributed by atoms with Gasteiger partial charge in [-0.2, -0.15) is 0 Å². The molecule has 0 radical (unpaired) electrons. The summed E-state index contributed by atoms with van der Waals surface area (Å²) in [6.07, 6.45) is 1.52. The van der Waals surface area contributed by atoms with E-state index >= 15 is 0 Å². The van der Waals surface area contributed by atoms with Gasteiger partial charge in [0, 0.05) is 14.3 Å². The SMILES string of the molecule is Cc1cc(Br)c(NC(=O)CSc2ncnc3ccccc23)c(Br)c1. The molecule has 3 rings (SSSR count). The first-order valence-corrected chi connectivity index (χ1v) is 9.70. The van der Waals surface area contributed by atoms with E-state index in [1.165, 1.54) is 18.1 Å². The number of nitrogens with one attached hydrogen (secondary N) is 1. The second-order valence-electron chi connectivity index (χ2n) is 5.14. The monoisotopic (exact) mass is 465 g/mol. The van der Waals surface area contributed by atoms with Crippen LogP contribution >= 0.6 is 43.6 Å². The smallest absolute Gasteiger partial charge is 0.234 e. The third-order valence-electron chi connectivity index (χ3n) is 3.30. The minimum atomic E-state index is -0.0899. The maximum atomic E-state index is 12.3. The van der Waals surface area contributed by atoms with E-state index in [1.807, 2.05) is 43.3 Å². The number of carbonyl (C=O) groups excluding carboxylic acids is 1. The highest BCUT2D eigenvalue weighted by Gasteiger charge is 2.12. The van der Waals surface area contributed by atoms with Crippen molar-refractivity contribution in [3.63, 3.8) is 0 Å². The van der Waals surface area contributed by atoms with Gasteiger partial charge in [0.2, 0.25) is 5.91 Å². The topological polar surface area (TPSA) is 54.9 Å². The molecule has 0 atom stereocenters. The van der Waals surface area contributed by atoms with Gasteiger partial charge in [-0.05, 0) is 62.5 Å². The molecule has 3 aromatic rings. The van der Waals surface area contributed by atoms with Gasteiger partial charge in [0.15, 0.2) is 0 Å². The molecule has 0 spiro atoms. The molecular weight excluding hydrogens is 454 g/mol. The average Bonchev–Trinajstić information content (AvgIpc) is 2.56. The Hall–Kier alpha value is -1.44. The van der Waals surface area contributed by atoms with Gasteiger partial charge >= 0.3 is 0 Å². The second-order valence-corrected chi connectivity index (χ2v) is 7.81. The maximum Gasteiger partial charge on any atom is 0.234 e. The molecule has 0 saturated heterocycles. The van der Waals surface area contributed by atoms with Gasteiger partial charge in [-0.3, -0.25) is 4.79 Å². The van der Waals surface area contributed by atoms with E-state index in [4.69, 9.17) is 0 Å². The first-order valence-electron chi connectivity index (χ1n) is 7.12. The number of amides is 1. The molecule has 24 heavy (non-hydrogen) atoms. The minimum Gasteiger partial charge on any atom is -0.323 e. The summed E-state index contributed by atoms with van der Waals surface area (Å²) in [6.45, 7) is 2.00. The number of halogens is 2. The number of hydrogen-bond donors (Lipinski definition) is 1. The molecule has 0 unspecified atom stereocenters. The van der Waals surface area contributed by atoms with Gasteiger partial charge in [0.25, 0.3) is 0 Å². The number of para-hydroxylation sites is 1. The lowest BCUT2D eigenvalue weighted by atomic mass is 10.2. The van der Waals surface area contributed by atoms with E-state index in [0.29, 0.717) is 0 Å². The molecule has 1 heterocycles. The molecule has 0 aliphatic rings. The molecule has 4 nitrogen and oxygen atoms in total. The summed E-state index contributed by atoms with van der Waals surface area (Å²) < 4.78 is 1.69. The van der Waals surface area contributed by atoms with E-state index in [9.17, 15) is 4.79 Å². The number of aryl methyl sites for hydroxylation is 1. The van der Waals surface area contributed by atoms with Crippen LogP contribution in [0.4, 0.5) is 5.69 Å². The minimum absolute atomic E-state index is 0.0899. The molecule has 0 aliphatic carbocycles. The lowest BCUT2D eigenvalue weighted by molar-refractivity contribution is -0.113. The molecular formula is C17H13Br2N3OS. The maximum absolute atomic E-state index is 12.3. The normalized spacial score (nSPS) is 10.8. The number of nitrogens with zero attached hydrogens (tertiary/aromatic N) is 2. The Morgan fingerprint density at radius 1 is 1.17 bits per heavy atom. The number of hydrogen-bond acceptors (Lipinski definition) is 4. The molecule has 0 bridgehead atoms. The summed E-state index contributed by atoms with van der Waals surface area (Å²) in [5.74, 6) is 0.182. The van der Waals surface area contributed by atoms with Crippen LogP contribution in [0.5, 0.6) is 0 Å². The van der Waals surface area contributed by atoms with Crippen LogP contribution in [0.1, 0.15) is 5.56 Å². The van der Waals surface area contributed by atoms with Crippen LogP contribution < -0.4 is 5.32 Å². The lowest BCUT2D eigenvalue weighted by Gasteiger charge is -2.11. The van der Waals surface area contributed by atoms with Gasteiger partial charge in [-0.1, -0.05) is 30.0 Å². The molecule has 2 aromatic carbocycles. The number of carbonyl (C=O) groups is 1. The van der Waals surface area contributed by atoms with Gasteiger partial charge in [0.05, 0.1) is 17.0 Å². The number of anilines is 1. The quantitative estimate of drug-likeness (QED) is 0.424. The van der Waals surface area contributed by atoms with Crippen molar-refractivity contribution in [2.75, 3.05) is 11.1 Å². The Labute approximate surface area is 160 Å². The molecule has 0 fully saturated rings. The Bertz CT molecular complexity index is 889. The zero-order valence-electron chi connectivity index (χ0n) is 12.7. The average molecular weight is 467 g/mol. The third-order valence-corrected chi connectivity index (χ3v) is 5.55. The summed E-state index contributed by atoms with van der Waals surface area (Å²) >= 11 is 8.36. The van der Waals surface area contributed by atoms with Crippen molar-refractivity contribution in [2.24, 2.45) is 0 Å². The predicted octanol–water partition coefficient (Wildman–Crippen LogP) is 5.19. The van der Waals surface area contributed by atoms with Crippen LogP contribution in [-0.4, -0.2) is 21.6 Å². The molecule has 1 aromatic heterocycles. The van der Waals surface area contributed by atoms with E-state index < -0.39 is 0 Å². The predicted molar refractivity (Wildman–Crippen MR) is 105 cm³/mol. The Morgan fingerprint density at radius 2 is 1.88 bits per heavy atom. The van der Waals surface area contributed by atoms with Crippen molar-refractivity contribution in [1.29, 1.82) is 0 Å². The fourth-order valence-corrected chi connectivity index (χ4v) is 4.63. The van der Waals surface area contributed by atoms with Crippen LogP contribution in [0, 0.1) is 6.92 Å². The number of benzene rings is 2. The largest absolute Gasteiger partial charge is 0.323 e. The van der Waals surface area contributed by atoms with Gasteiger partial charge < -0.3 is 5.32 Å². The number of thioether (sulfide) groups is 1. The summed E-state index contributed by atoms with van der Waals surface area (Å²) in [6, 6.07) is 11.7. The van der Waals surface area contributed by atoms with Crippen LogP contribution in [0.3, 0.4) is 0 Å². The molecule has 0 aliphatic heterocycles. The van der Waals surface area contributed by atoms with Crippen molar-refractivity contribution in [2.45, 2.75) is 11.9 Å². The molecule has 1 N–H and O–H groups in total. The van der Waals surface area contributed by atoms with E-state index in [-0.39, 0.29) is 11.7 Å².